The van der Waals surface area contributed by atoms with Crippen molar-refractivity contribution in [3.8, 4) is 0 Å². The molecule has 1 saturated carbocycles. The van der Waals surface area contributed by atoms with Crippen molar-refractivity contribution in [2.24, 2.45) is 11.8 Å². The first kappa shape index (κ1) is 40.8. The van der Waals surface area contributed by atoms with Crippen LogP contribution in [-0.4, -0.2) is 73.3 Å². The topological polar surface area (TPSA) is 145 Å². The molecule has 52 heavy (non-hydrogen) atoms. The molecule has 1 aliphatic carbocycles. The summed E-state index contributed by atoms with van der Waals surface area (Å²) in [5.41, 5.74) is 0.948. The maximum absolute atomic E-state index is 14.6. The molecule has 1 fully saturated rings. The van der Waals surface area contributed by atoms with Crippen molar-refractivity contribution >= 4 is 22.0 Å². The summed E-state index contributed by atoms with van der Waals surface area (Å²) in [6.07, 6.45) is 2.37. The quantitative estimate of drug-likeness (QED) is 0.125. The van der Waals surface area contributed by atoms with Crippen molar-refractivity contribution in [3.05, 3.63) is 101 Å². The number of sulfonamides is 1. The van der Waals surface area contributed by atoms with Crippen LogP contribution in [0, 0.1) is 29.3 Å². The fraction of sp³-hybridized carbons (Fsp3) is 0.474. The number of hydrogen-bond acceptors (Lipinski definition) is 7. The number of aliphatic hydroxyl groups is 2. The van der Waals surface area contributed by atoms with E-state index in [1.807, 2.05) is 13.8 Å². The molecular weight excluding hydrogens is 699 g/mol. The van der Waals surface area contributed by atoms with Gasteiger partial charge in [0.15, 0.2) is 0 Å². The van der Waals surface area contributed by atoms with E-state index in [9.17, 15) is 41.4 Å². The highest BCUT2D eigenvalue weighted by Crippen LogP contribution is 2.36. The summed E-state index contributed by atoms with van der Waals surface area (Å²) in [5, 5.41) is 25.5. The van der Waals surface area contributed by atoms with Gasteiger partial charge in [-0.1, -0.05) is 44.2 Å². The molecule has 1 aliphatic rings. The molecule has 2 amide bonds. The number of methoxy groups -OCH3 is 1. The van der Waals surface area contributed by atoms with E-state index in [0.717, 1.165) is 26.0 Å². The van der Waals surface area contributed by atoms with Crippen LogP contribution < -0.4 is 10.6 Å². The molecule has 0 heterocycles. The van der Waals surface area contributed by atoms with Gasteiger partial charge >= 0.3 is 6.09 Å². The summed E-state index contributed by atoms with van der Waals surface area (Å²) >= 11 is 0. The smallest absolute Gasteiger partial charge is 0.407 e. The molecule has 0 radical (unpaired) electrons. The number of aliphatic hydroxyl groups excluding tert-OH is 2. The van der Waals surface area contributed by atoms with E-state index in [-0.39, 0.29) is 41.3 Å². The number of carbonyl (C=O) groups excluding carboxylic acids is 2. The van der Waals surface area contributed by atoms with Crippen LogP contribution in [0.2, 0.25) is 0 Å². The second-order valence-corrected chi connectivity index (χ2v) is 15.5. The Bertz CT molecular complexity index is 1690. The fourth-order valence-electron chi connectivity index (χ4n) is 6.34. The van der Waals surface area contributed by atoms with Gasteiger partial charge in [-0.25, -0.2) is 26.4 Å². The molecule has 4 rings (SSSR count). The second-order valence-electron chi connectivity index (χ2n) is 13.6. The fourth-order valence-corrected chi connectivity index (χ4v) is 8.01. The Morgan fingerprint density at radius 1 is 0.885 bits per heavy atom. The van der Waals surface area contributed by atoms with E-state index < -0.39 is 70.7 Å². The lowest BCUT2D eigenvalue weighted by Crippen LogP contribution is -2.53. The minimum atomic E-state index is -4.24. The minimum Gasteiger partial charge on any atom is -0.453 e. The number of rotatable bonds is 19. The Labute approximate surface area is 303 Å². The first-order valence-electron chi connectivity index (χ1n) is 17.5. The van der Waals surface area contributed by atoms with E-state index in [4.69, 9.17) is 4.74 Å². The Kier molecular flexibility index (Phi) is 14.6. The van der Waals surface area contributed by atoms with Crippen LogP contribution in [0.25, 0.3) is 0 Å². The number of hydrogen-bond donors (Lipinski definition) is 4. The zero-order valence-electron chi connectivity index (χ0n) is 29.6. The van der Waals surface area contributed by atoms with Gasteiger partial charge in [-0.3, -0.25) is 4.79 Å². The minimum absolute atomic E-state index is 0.0368. The third-order valence-corrected chi connectivity index (χ3v) is 11.4. The molecule has 0 saturated heterocycles. The second kappa shape index (κ2) is 18.7. The third-order valence-electron chi connectivity index (χ3n) is 9.45. The predicted octanol–water partition coefficient (Wildman–Crippen LogP) is 5.62. The standard InChI is InChI=1S/C38H48F3N3O7S/c1-24(2)19-20-44(52(49,50)32-18-13-28(22-45)33(41)21-32)31(23-46)5-4-6-34(25-7-8-25)42-37(47)36(43-38(48)51-3)35(26-9-14-29(39)15-10-26)27-11-16-30(40)17-12-27/h9-18,21,24-25,31,34-36,45-46H,4-8,19-20,22-23H2,1-3H3,(H,42,47)(H,43,48)/t31-,34+,36-/m0/s1. The molecule has 14 heteroatoms. The van der Waals surface area contributed by atoms with Crippen molar-refractivity contribution in [1.29, 1.82) is 0 Å². The van der Waals surface area contributed by atoms with Crippen LogP contribution in [0.15, 0.2) is 71.6 Å². The van der Waals surface area contributed by atoms with Crippen LogP contribution in [0.5, 0.6) is 0 Å². The Morgan fingerprint density at radius 3 is 1.96 bits per heavy atom. The molecule has 3 atom stereocenters. The van der Waals surface area contributed by atoms with Gasteiger partial charge in [0.1, 0.15) is 23.5 Å². The van der Waals surface area contributed by atoms with Gasteiger partial charge < -0.3 is 25.6 Å². The van der Waals surface area contributed by atoms with Crippen molar-refractivity contribution in [1.82, 2.24) is 14.9 Å². The van der Waals surface area contributed by atoms with Crippen LogP contribution >= 0.6 is 0 Å². The zero-order valence-corrected chi connectivity index (χ0v) is 30.4. The molecule has 0 aromatic heterocycles. The number of amides is 2. The van der Waals surface area contributed by atoms with Crippen molar-refractivity contribution in [2.45, 2.75) is 87.9 Å². The maximum atomic E-state index is 14.6. The molecule has 0 aliphatic heterocycles. The molecule has 0 unspecified atom stereocenters. The third kappa shape index (κ3) is 10.8. The van der Waals surface area contributed by atoms with E-state index in [1.165, 1.54) is 65.0 Å². The van der Waals surface area contributed by atoms with Gasteiger partial charge in [0.2, 0.25) is 15.9 Å². The Hall–Kier alpha value is -3.98. The lowest BCUT2D eigenvalue weighted by molar-refractivity contribution is -0.124. The van der Waals surface area contributed by atoms with Gasteiger partial charge in [0.05, 0.1) is 25.2 Å². The molecule has 0 bridgehead atoms. The largest absolute Gasteiger partial charge is 0.453 e. The molecular formula is C38H48F3N3O7S. The molecule has 284 valence electrons. The highest BCUT2D eigenvalue weighted by molar-refractivity contribution is 7.89. The number of benzene rings is 3. The van der Waals surface area contributed by atoms with Gasteiger partial charge in [-0.15, -0.1) is 0 Å². The van der Waals surface area contributed by atoms with E-state index in [0.29, 0.717) is 30.4 Å². The molecule has 10 nitrogen and oxygen atoms in total. The molecule has 4 N–H and O–H groups in total. The van der Waals surface area contributed by atoms with Crippen LogP contribution in [-0.2, 0) is 26.2 Å². The summed E-state index contributed by atoms with van der Waals surface area (Å²) < 4.78 is 76.1. The lowest BCUT2D eigenvalue weighted by Gasteiger charge is -2.32. The van der Waals surface area contributed by atoms with E-state index in [2.05, 4.69) is 10.6 Å². The van der Waals surface area contributed by atoms with E-state index in [1.54, 1.807) is 0 Å². The van der Waals surface area contributed by atoms with Crippen molar-refractivity contribution < 1.29 is 46.1 Å². The number of nitrogens with zero attached hydrogens (tertiary/aromatic N) is 1. The summed E-state index contributed by atoms with van der Waals surface area (Å²) in [4.78, 5) is 26.4. The number of ether oxygens (including phenoxy) is 1. The maximum Gasteiger partial charge on any atom is 0.407 e. The average molecular weight is 748 g/mol. The number of halogens is 3. The van der Waals surface area contributed by atoms with E-state index >= 15 is 0 Å². The first-order chi connectivity index (χ1) is 24.8. The summed E-state index contributed by atoms with van der Waals surface area (Å²) in [6, 6.07) is 11.8. The number of carbonyl (C=O) groups is 2. The summed E-state index contributed by atoms with van der Waals surface area (Å²) in [6.45, 7) is 2.90. The zero-order chi connectivity index (χ0) is 38.0. The average Bonchev–Trinajstić information content (AvgIpc) is 3.97. The van der Waals surface area contributed by atoms with Gasteiger partial charge in [-0.2, -0.15) is 4.31 Å². The summed E-state index contributed by atoms with van der Waals surface area (Å²) in [7, 11) is -3.08. The van der Waals surface area contributed by atoms with Gasteiger partial charge in [0.25, 0.3) is 0 Å². The SMILES string of the molecule is COC(=O)N[C@H](C(=O)N[C@H](CCC[C@@H](CO)N(CCC(C)C)S(=O)(=O)c1ccc(CO)c(F)c1)C1CC1)C(c1ccc(F)cc1)c1ccc(F)cc1. The number of alkyl carbamates (subject to hydrolysis) is 1. The Morgan fingerprint density at radius 2 is 1.48 bits per heavy atom. The molecule has 0 spiro atoms. The Balaban J connectivity index is 1.56. The molecule has 3 aromatic rings. The highest BCUT2D eigenvalue weighted by Gasteiger charge is 2.38. The first-order valence-corrected chi connectivity index (χ1v) is 18.9. The van der Waals surface area contributed by atoms with Crippen LogP contribution in [0.4, 0.5) is 18.0 Å². The van der Waals surface area contributed by atoms with Gasteiger partial charge in [0, 0.05) is 30.1 Å². The monoisotopic (exact) mass is 747 g/mol. The number of nitrogens with one attached hydrogen (secondary N) is 2. The highest BCUT2D eigenvalue weighted by atomic mass is 32.2. The van der Waals surface area contributed by atoms with Crippen LogP contribution in [0.1, 0.15) is 75.0 Å². The summed E-state index contributed by atoms with van der Waals surface area (Å²) in [5.74, 6) is -2.98. The normalized spacial score (nSPS) is 15.1. The van der Waals surface area contributed by atoms with Crippen LogP contribution in [0.3, 0.4) is 0 Å². The molecule has 3 aromatic carbocycles. The lowest BCUT2D eigenvalue weighted by atomic mass is 9.84. The van der Waals surface area contributed by atoms with Crippen molar-refractivity contribution in [2.75, 3.05) is 20.3 Å². The van der Waals surface area contributed by atoms with Crippen molar-refractivity contribution in [3.63, 3.8) is 0 Å². The van der Waals surface area contributed by atoms with Gasteiger partial charge in [-0.05, 0) is 97.9 Å². The predicted molar refractivity (Wildman–Crippen MR) is 189 cm³/mol.